The van der Waals surface area contributed by atoms with Gasteiger partial charge in [0.2, 0.25) is 0 Å². The number of carbonyl (C=O) groups is 1. The summed E-state index contributed by atoms with van der Waals surface area (Å²) in [6.45, 7) is 3.60. The zero-order valence-electron chi connectivity index (χ0n) is 8.28. The number of hydrogen-bond acceptors (Lipinski definition) is 4. The minimum Gasteiger partial charge on any atom is -0.480 e. The van der Waals surface area contributed by atoms with Crippen molar-refractivity contribution in [2.24, 2.45) is 0 Å². The van der Waals surface area contributed by atoms with Crippen LogP contribution < -0.4 is 5.32 Å². The van der Waals surface area contributed by atoms with Crippen molar-refractivity contribution in [2.75, 3.05) is 11.5 Å². The van der Waals surface area contributed by atoms with Gasteiger partial charge in [-0.05, 0) is 20.3 Å². The van der Waals surface area contributed by atoms with Crippen LogP contribution in [0.15, 0.2) is 0 Å². The van der Waals surface area contributed by atoms with Gasteiger partial charge in [-0.15, -0.1) is 0 Å². The summed E-state index contributed by atoms with van der Waals surface area (Å²) in [5, 5.41) is 11.8. The standard InChI is InChI=1S/C8H15NO4S/c1-6(2)9-8(7(10)11)3-4-14(12,13)5-8/h6,9H,3-5H2,1-2H3,(H,10,11). The number of nitrogens with one attached hydrogen (secondary N) is 1. The molecule has 1 aliphatic heterocycles. The lowest BCUT2D eigenvalue weighted by molar-refractivity contribution is -0.144. The molecular formula is C8H15NO4S. The van der Waals surface area contributed by atoms with Crippen molar-refractivity contribution in [3.8, 4) is 0 Å². The van der Waals surface area contributed by atoms with Crippen molar-refractivity contribution in [1.29, 1.82) is 0 Å². The molecule has 0 aliphatic carbocycles. The topological polar surface area (TPSA) is 83.5 Å². The van der Waals surface area contributed by atoms with Gasteiger partial charge in [-0.25, -0.2) is 8.42 Å². The second-order valence-corrected chi connectivity index (χ2v) is 6.21. The van der Waals surface area contributed by atoms with E-state index in [1.165, 1.54) is 0 Å². The van der Waals surface area contributed by atoms with Gasteiger partial charge < -0.3 is 5.11 Å². The summed E-state index contributed by atoms with van der Waals surface area (Å²) >= 11 is 0. The quantitative estimate of drug-likeness (QED) is 0.679. The molecule has 1 aliphatic rings. The third-order valence-corrected chi connectivity index (χ3v) is 4.04. The van der Waals surface area contributed by atoms with E-state index in [0.29, 0.717) is 0 Å². The molecule has 0 spiro atoms. The first kappa shape index (κ1) is 11.5. The SMILES string of the molecule is CC(C)NC1(C(=O)O)CCS(=O)(=O)C1. The largest absolute Gasteiger partial charge is 0.480 e. The molecular weight excluding hydrogens is 206 g/mol. The summed E-state index contributed by atoms with van der Waals surface area (Å²) in [5.74, 6) is -1.42. The zero-order chi connectivity index (χ0) is 11.0. The van der Waals surface area contributed by atoms with Gasteiger partial charge in [-0.2, -0.15) is 0 Å². The molecule has 0 bridgehead atoms. The predicted molar refractivity (Wildman–Crippen MR) is 51.9 cm³/mol. The number of aliphatic carboxylic acids is 1. The van der Waals surface area contributed by atoms with Gasteiger partial charge in [-0.3, -0.25) is 10.1 Å². The molecule has 1 saturated heterocycles. The maximum Gasteiger partial charge on any atom is 0.325 e. The van der Waals surface area contributed by atoms with E-state index in [1.54, 1.807) is 13.8 Å². The van der Waals surface area contributed by atoms with Gasteiger partial charge in [0.25, 0.3) is 0 Å². The van der Waals surface area contributed by atoms with E-state index in [4.69, 9.17) is 5.11 Å². The molecule has 2 N–H and O–H groups in total. The molecule has 5 nitrogen and oxygen atoms in total. The highest BCUT2D eigenvalue weighted by molar-refractivity contribution is 7.91. The Labute approximate surface area is 83.4 Å². The summed E-state index contributed by atoms with van der Waals surface area (Å²) in [4.78, 5) is 11.0. The Morgan fingerprint density at radius 2 is 2.07 bits per heavy atom. The molecule has 14 heavy (non-hydrogen) atoms. The lowest BCUT2D eigenvalue weighted by atomic mass is 9.98. The number of rotatable bonds is 3. The van der Waals surface area contributed by atoms with E-state index in [0.717, 1.165) is 0 Å². The van der Waals surface area contributed by atoms with Crippen LogP contribution in [0.4, 0.5) is 0 Å². The Bertz CT molecular complexity index is 335. The van der Waals surface area contributed by atoms with Crippen LogP contribution in [0.25, 0.3) is 0 Å². The molecule has 1 rings (SSSR count). The Morgan fingerprint density at radius 1 is 1.50 bits per heavy atom. The Hall–Kier alpha value is -0.620. The Kier molecular flexibility index (Phi) is 2.87. The summed E-state index contributed by atoms with van der Waals surface area (Å²) in [6, 6.07) is -0.0422. The van der Waals surface area contributed by atoms with Crippen LogP contribution in [0, 0.1) is 0 Å². The maximum atomic E-state index is 11.2. The van der Waals surface area contributed by atoms with Crippen LogP contribution in [-0.4, -0.2) is 42.6 Å². The molecule has 0 saturated carbocycles. The monoisotopic (exact) mass is 221 g/mol. The van der Waals surface area contributed by atoms with Gasteiger partial charge in [0.1, 0.15) is 5.54 Å². The zero-order valence-corrected chi connectivity index (χ0v) is 9.10. The summed E-state index contributed by atoms with van der Waals surface area (Å²) in [6.07, 6.45) is 0.156. The molecule has 1 atom stereocenters. The molecule has 82 valence electrons. The van der Waals surface area contributed by atoms with E-state index >= 15 is 0 Å². The molecule has 1 fully saturated rings. The normalized spacial score (nSPS) is 30.8. The molecule has 0 radical (unpaired) electrons. The molecule has 0 aromatic carbocycles. The molecule has 6 heteroatoms. The number of hydrogen-bond donors (Lipinski definition) is 2. The Morgan fingerprint density at radius 3 is 2.36 bits per heavy atom. The highest BCUT2D eigenvalue weighted by Gasteiger charge is 2.48. The van der Waals surface area contributed by atoms with Crippen molar-refractivity contribution >= 4 is 15.8 Å². The van der Waals surface area contributed by atoms with Crippen molar-refractivity contribution in [1.82, 2.24) is 5.32 Å². The highest BCUT2D eigenvalue weighted by Crippen LogP contribution is 2.24. The summed E-state index contributed by atoms with van der Waals surface area (Å²) in [5.41, 5.74) is -1.27. The fourth-order valence-electron chi connectivity index (χ4n) is 1.75. The molecule has 1 heterocycles. The van der Waals surface area contributed by atoms with Crippen LogP contribution in [0.5, 0.6) is 0 Å². The first-order valence-corrected chi connectivity index (χ1v) is 6.31. The van der Waals surface area contributed by atoms with Crippen LogP contribution in [0.3, 0.4) is 0 Å². The second kappa shape index (κ2) is 3.51. The van der Waals surface area contributed by atoms with Crippen molar-refractivity contribution in [3.05, 3.63) is 0 Å². The van der Waals surface area contributed by atoms with E-state index in [-0.39, 0.29) is 24.0 Å². The minimum atomic E-state index is -3.19. The van der Waals surface area contributed by atoms with Crippen LogP contribution >= 0.6 is 0 Å². The predicted octanol–water partition coefficient (Wildman–Crippen LogP) is -0.374. The number of carboxylic acid groups (broad SMARTS) is 1. The first-order valence-electron chi connectivity index (χ1n) is 4.49. The average Bonchev–Trinajstić information content (AvgIpc) is 2.26. The number of sulfone groups is 1. The van der Waals surface area contributed by atoms with E-state index in [2.05, 4.69) is 5.32 Å². The van der Waals surface area contributed by atoms with Crippen LogP contribution in [0.1, 0.15) is 20.3 Å². The summed E-state index contributed by atoms with van der Waals surface area (Å²) in [7, 11) is -3.19. The van der Waals surface area contributed by atoms with Crippen LogP contribution in [-0.2, 0) is 14.6 Å². The smallest absolute Gasteiger partial charge is 0.325 e. The fraction of sp³-hybridized carbons (Fsp3) is 0.875. The Balaban J connectivity index is 2.92. The van der Waals surface area contributed by atoms with Gasteiger partial charge >= 0.3 is 5.97 Å². The molecule has 1 unspecified atom stereocenters. The van der Waals surface area contributed by atoms with E-state index in [9.17, 15) is 13.2 Å². The molecule has 0 aromatic heterocycles. The van der Waals surface area contributed by atoms with Gasteiger partial charge in [-0.1, -0.05) is 0 Å². The average molecular weight is 221 g/mol. The van der Waals surface area contributed by atoms with Crippen molar-refractivity contribution < 1.29 is 18.3 Å². The third kappa shape index (κ3) is 2.24. The van der Waals surface area contributed by atoms with Crippen LogP contribution in [0.2, 0.25) is 0 Å². The highest BCUT2D eigenvalue weighted by atomic mass is 32.2. The first-order chi connectivity index (χ1) is 6.27. The van der Waals surface area contributed by atoms with Gasteiger partial charge in [0, 0.05) is 6.04 Å². The lowest BCUT2D eigenvalue weighted by Crippen LogP contribution is -2.55. The van der Waals surface area contributed by atoms with E-state index in [1.807, 2.05) is 0 Å². The van der Waals surface area contributed by atoms with E-state index < -0.39 is 21.3 Å². The van der Waals surface area contributed by atoms with Gasteiger partial charge in [0.15, 0.2) is 9.84 Å². The van der Waals surface area contributed by atoms with Gasteiger partial charge in [0.05, 0.1) is 11.5 Å². The minimum absolute atomic E-state index is 0.0422. The maximum absolute atomic E-state index is 11.2. The fourth-order valence-corrected chi connectivity index (χ4v) is 3.65. The third-order valence-electron chi connectivity index (χ3n) is 2.28. The lowest BCUT2D eigenvalue weighted by Gasteiger charge is -2.26. The number of carboxylic acids is 1. The van der Waals surface area contributed by atoms with Crippen molar-refractivity contribution in [3.63, 3.8) is 0 Å². The molecule has 0 aromatic rings. The van der Waals surface area contributed by atoms with Crippen molar-refractivity contribution in [2.45, 2.75) is 31.8 Å². The second-order valence-electron chi connectivity index (χ2n) is 4.03. The summed E-state index contributed by atoms with van der Waals surface area (Å²) < 4.78 is 22.5. The molecule has 0 amide bonds.